The highest BCUT2D eigenvalue weighted by atomic mass is 16.3. The minimum Gasteiger partial charge on any atom is -0.396 e. The van der Waals surface area contributed by atoms with Crippen molar-refractivity contribution in [2.24, 2.45) is 17.3 Å². The zero-order valence-electron chi connectivity index (χ0n) is 11.8. The van der Waals surface area contributed by atoms with Crippen molar-refractivity contribution in [2.45, 2.75) is 58.9 Å². The lowest BCUT2D eigenvalue weighted by molar-refractivity contribution is 0.0359. The summed E-state index contributed by atoms with van der Waals surface area (Å²) >= 11 is 0. The first-order valence-corrected chi connectivity index (χ1v) is 7.35. The van der Waals surface area contributed by atoms with Crippen molar-refractivity contribution in [1.82, 2.24) is 4.90 Å². The molecule has 2 atom stereocenters. The maximum atomic E-state index is 9.19. The van der Waals surface area contributed by atoms with E-state index in [-0.39, 0.29) is 0 Å². The molecule has 0 aromatic heterocycles. The Bertz CT molecular complexity index is 243. The van der Waals surface area contributed by atoms with Crippen molar-refractivity contribution in [1.29, 1.82) is 0 Å². The van der Waals surface area contributed by atoms with Gasteiger partial charge in [0.1, 0.15) is 0 Å². The molecule has 2 fully saturated rings. The standard InChI is InChI=1S/C15H29NO/c1-12-8-14(10-15(2,3)9-12)16-6-4-13(11-17)5-7-16/h12-14,17H,4-11H2,1-3H3/t12-,14+/m1/s1. The Morgan fingerprint density at radius 3 is 2.35 bits per heavy atom. The van der Waals surface area contributed by atoms with Crippen LogP contribution in [0.15, 0.2) is 0 Å². The van der Waals surface area contributed by atoms with Crippen LogP contribution in [-0.4, -0.2) is 35.7 Å². The molecule has 2 aliphatic rings. The van der Waals surface area contributed by atoms with Crippen LogP contribution in [0.1, 0.15) is 52.9 Å². The van der Waals surface area contributed by atoms with Gasteiger partial charge in [-0.1, -0.05) is 20.8 Å². The minimum absolute atomic E-state index is 0.389. The van der Waals surface area contributed by atoms with Crippen molar-refractivity contribution >= 4 is 0 Å². The molecule has 1 aliphatic carbocycles. The highest BCUT2D eigenvalue weighted by Gasteiger charge is 2.35. The second-order valence-electron chi connectivity index (χ2n) is 7.23. The van der Waals surface area contributed by atoms with E-state index in [2.05, 4.69) is 25.7 Å². The van der Waals surface area contributed by atoms with Crippen LogP contribution in [-0.2, 0) is 0 Å². The summed E-state index contributed by atoms with van der Waals surface area (Å²) in [6.45, 7) is 10.1. The average Bonchev–Trinajstić information content (AvgIpc) is 2.26. The Morgan fingerprint density at radius 1 is 1.18 bits per heavy atom. The molecule has 1 saturated heterocycles. The molecule has 0 spiro atoms. The fourth-order valence-corrected chi connectivity index (χ4v) is 4.07. The predicted molar refractivity (Wildman–Crippen MR) is 72.0 cm³/mol. The number of hydrogen-bond donors (Lipinski definition) is 1. The first-order valence-electron chi connectivity index (χ1n) is 7.35. The first kappa shape index (κ1) is 13.4. The Balaban J connectivity index is 1.90. The van der Waals surface area contributed by atoms with Crippen molar-refractivity contribution in [2.75, 3.05) is 19.7 Å². The lowest BCUT2D eigenvalue weighted by Crippen LogP contribution is -2.47. The molecule has 1 saturated carbocycles. The Morgan fingerprint density at radius 2 is 1.82 bits per heavy atom. The van der Waals surface area contributed by atoms with Gasteiger partial charge in [0, 0.05) is 12.6 Å². The van der Waals surface area contributed by atoms with Crippen molar-refractivity contribution in [3.8, 4) is 0 Å². The Labute approximate surface area is 106 Å². The molecular weight excluding hydrogens is 210 g/mol. The highest BCUT2D eigenvalue weighted by molar-refractivity contribution is 4.89. The smallest absolute Gasteiger partial charge is 0.0460 e. The number of hydrogen-bond acceptors (Lipinski definition) is 2. The molecule has 0 aromatic rings. The summed E-state index contributed by atoms with van der Waals surface area (Å²) in [7, 11) is 0. The van der Waals surface area contributed by atoms with Crippen LogP contribution < -0.4 is 0 Å². The minimum atomic E-state index is 0.389. The van der Waals surface area contributed by atoms with Gasteiger partial charge in [0.15, 0.2) is 0 Å². The van der Waals surface area contributed by atoms with E-state index >= 15 is 0 Å². The van der Waals surface area contributed by atoms with E-state index in [0.29, 0.717) is 17.9 Å². The zero-order chi connectivity index (χ0) is 12.5. The van der Waals surface area contributed by atoms with E-state index in [4.69, 9.17) is 0 Å². The lowest BCUT2D eigenvalue weighted by Gasteiger charge is -2.46. The summed E-state index contributed by atoms with van der Waals surface area (Å²) in [5.41, 5.74) is 0.524. The van der Waals surface area contributed by atoms with Gasteiger partial charge in [-0.2, -0.15) is 0 Å². The molecule has 0 radical (unpaired) electrons. The molecule has 0 unspecified atom stereocenters. The molecule has 1 heterocycles. The van der Waals surface area contributed by atoms with Crippen LogP contribution in [0.2, 0.25) is 0 Å². The molecule has 100 valence electrons. The van der Waals surface area contributed by atoms with E-state index in [9.17, 15) is 5.11 Å². The van der Waals surface area contributed by atoms with E-state index in [0.717, 1.165) is 12.0 Å². The fourth-order valence-electron chi connectivity index (χ4n) is 4.07. The van der Waals surface area contributed by atoms with E-state index in [1.54, 1.807) is 0 Å². The van der Waals surface area contributed by atoms with Gasteiger partial charge in [0.05, 0.1) is 0 Å². The normalized spacial score (nSPS) is 36.0. The topological polar surface area (TPSA) is 23.5 Å². The summed E-state index contributed by atoms with van der Waals surface area (Å²) in [5.74, 6) is 1.44. The molecular formula is C15H29NO. The van der Waals surface area contributed by atoms with Gasteiger partial charge in [0.25, 0.3) is 0 Å². The summed E-state index contributed by atoms with van der Waals surface area (Å²) < 4.78 is 0. The quantitative estimate of drug-likeness (QED) is 0.801. The van der Waals surface area contributed by atoms with Crippen LogP contribution in [0.3, 0.4) is 0 Å². The van der Waals surface area contributed by atoms with Gasteiger partial charge in [-0.15, -0.1) is 0 Å². The number of aliphatic hydroxyl groups excluding tert-OH is 1. The van der Waals surface area contributed by atoms with Gasteiger partial charge in [-0.3, -0.25) is 0 Å². The third-order valence-corrected chi connectivity index (χ3v) is 4.79. The lowest BCUT2D eigenvalue weighted by atomic mass is 9.70. The SMILES string of the molecule is C[C@@H]1C[C@H](N2CCC(CO)CC2)CC(C)(C)C1. The third kappa shape index (κ3) is 3.45. The zero-order valence-corrected chi connectivity index (χ0v) is 11.8. The van der Waals surface area contributed by atoms with Gasteiger partial charge >= 0.3 is 0 Å². The van der Waals surface area contributed by atoms with E-state index in [1.165, 1.54) is 45.2 Å². The summed E-state index contributed by atoms with van der Waals surface area (Å²) in [4.78, 5) is 2.70. The second-order valence-corrected chi connectivity index (χ2v) is 7.23. The van der Waals surface area contributed by atoms with Gasteiger partial charge in [0.2, 0.25) is 0 Å². The molecule has 1 N–H and O–H groups in total. The van der Waals surface area contributed by atoms with Crippen LogP contribution >= 0.6 is 0 Å². The number of likely N-dealkylation sites (tertiary alicyclic amines) is 1. The van der Waals surface area contributed by atoms with Crippen LogP contribution in [0.4, 0.5) is 0 Å². The second kappa shape index (κ2) is 5.27. The van der Waals surface area contributed by atoms with Crippen molar-refractivity contribution in [3.63, 3.8) is 0 Å². The number of rotatable bonds is 2. The molecule has 0 aromatic carbocycles. The molecule has 2 nitrogen and oxygen atoms in total. The van der Waals surface area contributed by atoms with Gasteiger partial charge in [-0.25, -0.2) is 0 Å². The van der Waals surface area contributed by atoms with Gasteiger partial charge in [-0.05, 0) is 62.4 Å². The van der Waals surface area contributed by atoms with E-state index in [1.807, 2.05) is 0 Å². The average molecular weight is 239 g/mol. The van der Waals surface area contributed by atoms with Crippen LogP contribution in [0.25, 0.3) is 0 Å². The van der Waals surface area contributed by atoms with Crippen molar-refractivity contribution < 1.29 is 5.11 Å². The Hall–Kier alpha value is -0.0800. The maximum Gasteiger partial charge on any atom is 0.0460 e. The van der Waals surface area contributed by atoms with Crippen LogP contribution in [0.5, 0.6) is 0 Å². The molecule has 0 bridgehead atoms. The molecule has 2 heteroatoms. The number of aliphatic hydroxyl groups is 1. The summed E-state index contributed by atoms with van der Waals surface area (Å²) in [5, 5.41) is 9.19. The molecule has 1 aliphatic heterocycles. The highest BCUT2D eigenvalue weighted by Crippen LogP contribution is 2.41. The predicted octanol–water partition coefficient (Wildman–Crippen LogP) is 2.91. The fraction of sp³-hybridized carbons (Fsp3) is 1.00. The number of piperidine rings is 1. The van der Waals surface area contributed by atoms with Gasteiger partial charge < -0.3 is 10.0 Å². The summed E-state index contributed by atoms with van der Waals surface area (Å²) in [6, 6.07) is 0.799. The monoisotopic (exact) mass is 239 g/mol. The third-order valence-electron chi connectivity index (χ3n) is 4.79. The molecule has 0 amide bonds. The first-order chi connectivity index (χ1) is 8.00. The van der Waals surface area contributed by atoms with E-state index < -0.39 is 0 Å². The van der Waals surface area contributed by atoms with Crippen LogP contribution in [0, 0.1) is 17.3 Å². The maximum absolute atomic E-state index is 9.19. The Kier molecular flexibility index (Phi) is 4.14. The van der Waals surface area contributed by atoms with Crippen molar-refractivity contribution in [3.05, 3.63) is 0 Å². The largest absolute Gasteiger partial charge is 0.396 e. The molecule has 17 heavy (non-hydrogen) atoms. The number of nitrogens with zero attached hydrogens (tertiary/aromatic N) is 1. The summed E-state index contributed by atoms with van der Waals surface area (Å²) in [6.07, 6.45) is 6.52. The molecule has 2 rings (SSSR count).